The first-order valence-electron chi connectivity index (χ1n) is 37.8. The fourth-order valence-electron chi connectivity index (χ4n) is 10.7. The summed E-state index contributed by atoms with van der Waals surface area (Å²) in [6.07, 6.45) is 54.8. The van der Waals surface area contributed by atoms with Gasteiger partial charge in [-0.3, -0.25) is 37.3 Å². The van der Waals surface area contributed by atoms with Gasteiger partial charge in [-0.2, -0.15) is 0 Å². The van der Waals surface area contributed by atoms with E-state index in [-0.39, 0.29) is 25.7 Å². The lowest BCUT2D eigenvalue weighted by atomic mass is 9.99. The highest BCUT2D eigenvalue weighted by molar-refractivity contribution is 7.47. The molecule has 0 fully saturated rings. The Morgan fingerprint density at radius 1 is 0.355 bits per heavy atom. The summed E-state index contributed by atoms with van der Waals surface area (Å²) in [4.78, 5) is 72.7. The average Bonchev–Trinajstić information content (AvgIpc) is 2.85. The fraction of sp³-hybridized carbons (Fsp3) is 0.892. The van der Waals surface area contributed by atoms with E-state index in [9.17, 15) is 43.2 Å². The molecule has 0 bridgehead atoms. The Kier molecular flexibility index (Phi) is 63.7. The van der Waals surface area contributed by atoms with Crippen LogP contribution in [0.15, 0.2) is 24.3 Å². The molecule has 3 N–H and O–H groups in total. The highest BCUT2D eigenvalue weighted by Crippen LogP contribution is 2.45. The van der Waals surface area contributed by atoms with Gasteiger partial charge in [0.15, 0.2) is 12.2 Å². The largest absolute Gasteiger partial charge is 0.472 e. The molecule has 0 aromatic heterocycles. The molecule has 0 aromatic carbocycles. The van der Waals surface area contributed by atoms with Crippen LogP contribution in [0.5, 0.6) is 0 Å². The van der Waals surface area contributed by atoms with Crippen LogP contribution >= 0.6 is 15.6 Å². The van der Waals surface area contributed by atoms with Crippen LogP contribution in [0.2, 0.25) is 0 Å². The van der Waals surface area contributed by atoms with Crippen molar-refractivity contribution >= 4 is 39.5 Å². The fourth-order valence-corrected chi connectivity index (χ4v) is 12.3. The summed E-state index contributed by atoms with van der Waals surface area (Å²) in [5, 5.41) is 10.6. The Hall–Kier alpha value is -2.46. The van der Waals surface area contributed by atoms with E-state index >= 15 is 0 Å². The van der Waals surface area contributed by atoms with Crippen LogP contribution in [0.3, 0.4) is 0 Å². The van der Waals surface area contributed by atoms with E-state index in [0.717, 1.165) is 115 Å². The van der Waals surface area contributed by atoms with Gasteiger partial charge in [-0.1, -0.05) is 303 Å². The standard InChI is InChI=1S/C74H140O17P2/c1-7-10-12-14-16-18-20-22-24-26-28-34-40-47-53-59-73(78)90-69(62-84-71(76)56-50-44-38-32-30-29-31-37-43-49-55-67(6)9-3)64-88-92(80,81)86-60-68(75)61-87-93(82,83)89-65-70(63-85-72(77)57-51-45-41-35-36-42-48-54-66(4)5)91-74(79)58-52-46-39-33-27-25-23-21-19-17-15-13-11-8-2/h18,20,22,24,66-70,75H,7-17,19,21,23,25-65H2,1-6H3,(H,80,81)(H,82,83)/b20-18-,24-22-/t67?,68-,69-,70-/m1/s1. The second-order valence-corrected chi connectivity index (χ2v) is 29.6. The van der Waals surface area contributed by atoms with Gasteiger partial charge in [-0.25, -0.2) is 9.13 Å². The maximum atomic E-state index is 13.1. The van der Waals surface area contributed by atoms with Crippen molar-refractivity contribution in [1.29, 1.82) is 0 Å². The third kappa shape index (κ3) is 66.6. The number of carbonyl (C=O) groups is 4. The molecule has 548 valence electrons. The van der Waals surface area contributed by atoms with Crippen LogP contribution in [0, 0.1) is 11.8 Å². The van der Waals surface area contributed by atoms with Gasteiger partial charge in [-0.15, -0.1) is 0 Å². The second kappa shape index (κ2) is 65.5. The van der Waals surface area contributed by atoms with Crippen LogP contribution in [0.4, 0.5) is 0 Å². The summed E-state index contributed by atoms with van der Waals surface area (Å²) in [5.74, 6) is -0.639. The number of carbonyl (C=O) groups excluding carboxylic acids is 4. The number of aliphatic hydroxyl groups excluding tert-OH is 1. The topological polar surface area (TPSA) is 237 Å². The zero-order chi connectivity index (χ0) is 68.6. The number of hydrogen-bond donors (Lipinski definition) is 3. The van der Waals surface area contributed by atoms with Crippen molar-refractivity contribution in [3.8, 4) is 0 Å². The van der Waals surface area contributed by atoms with E-state index in [2.05, 4.69) is 65.8 Å². The highest BCUT2D eigenvalue weighted by atomic mass is 31.2. The SMILES string of the molecule is CCCCCC/C=C\C=C/CCCCCCCC(=O)O[C@H](COC(=O)CCCCCCCCCCCCC(C)CC)COP(=O)(O)OC[C@@H](O)COP(=O)(O)OC[C@@H](COC(=O)CCCCCCCCCC(C)C)OC(=O)CCCCCCCCCCCCCCCC. The Morgan fingerprint density at radius 2 is 0.634 bits per heavy atom. The van der Waals surface area contributed by atoms with Gasteiger partial charge in [0, 0.05) is 25.7 Å². The Morgan fingerprint density at radius 3 is 0.968 bits per heavy atom. The van der Waals surface area contributed by atoms with Crippen molar-refractivity contribution in [2.75, 3.05) is 39.6 Å². The summed E-state index contributed by atoms with van der Waals surface area (Å²) >= 11 is 0. The van der Waals surface area contributed by atoms with Crippen LogP contribution in [0.1, 0.15) is 356 Å². The maximum absolute atomic E-state index is 13.1. The number of phosphoric acid groups is 2. The third-order valence-electron chi connectivity index (χ3n) is 16.9. The normalized spacial score (nSPS) is 14.5. The lowest BCUT2D eigenvalue weighted by molar-refractivity contribution is -0.161. The molecule has 6 atom stereocenters. The number of hydrogen-bond acceptors (Lipinski definition) is 15. The molecule has 0 aliphatic heterocycles. The van der Waals surface area contributed by atoms with Crippen molar-refractivity contribution in [1.82, 2.24) is 0 Å². The molecule has 19 heteroatoms. The molecular formula is C74H140O17P2. The van der Waals surface area contributed by atoms with Crippen LogP contribution < -0.4 is 0 Å². The van der Waals surface area contributed by atoms with E-state index in [0.29, 0.717) is 31.6 Å². The Bertz CT molecular complexity index is 1900. The first-order chi connectivity index (χ1) is 44.9. The van der Waals surface area contributed by atoms with Crippen molar-refractivity contribution in [3.63, 3.8) is 0 Å². The summed E-state index contributed by atoms with van der Waals surface area (Å²) < 4.78 is 68.4. The van der Waals surface area contributed by atoms with Crippen molar-refractivity contribution < 1.29 is 80.2 Å². The molecule has 0 heterocycles. The van der Waals surface area contributed by atoms with Gasteiger partial charge in [-0.05, 0) is 63.2 Å². The van der Waals surface area contributed by atoms with Gasteiger partial charge < -0.3 is 33.8 Å². The van der Waals surface area contributed by atoms with E-state index < -0.39 is 97.5 Å². The number of ether oxygens (including phenoxy) is 4. The zero-order valence-electron chi connectivity index (χ0n) is 60.0. The van der Waals surface area contributed by atoms with Crippen LogP contribution in [-0.4, -0.2) is 96.7 Å². The first kappa shape index (κ1) is 90.5. The molecule has 0 aliphatic rings. The number of esters is 4. The van der Waals surface area contributed by atoms with Gasteiger partial charge in [0.1, 0.15) is 19.3 Å². The molecule has 0 saturated heterocycles. The second-order valence-electron chi connectivity index (χ2n) is 26.7. The Balaban J connectivity index is 5.30. The molecule has 93 heavy (non-hydrogen) atoms. The first-order valence-corrected chi connectivity index (χ1v) is 40.8. The number of unbranched alkanes of at least 4 members (excludes halogenated alkanes) is 37. The number of phosphoric ester groups is 2. The molecule has 0 aliphatic carbocycles. The molecular weight excluding hydrogens is 1220 g/mol. The van der Waals surface area contributed by atoms with Crippen LogP contribution in [-0.2, 0) is 65.4 Å². The average molecular weight is 1360 g/mol. The third-order valence-corrected chi connectivity index (χ3v) is 18.8. The van der Waals surface area contributed by atoms with Crippen molar-refractivity contribution in [2.45, 2.75) is 374 Å². The minimum atomic E-state index is -4.96. The lowest BCUT2D eigenvalue weighted by Gasteiger charge is -2.21. The van der Waals surface area contributed by atoms with Gasteiger partial charge in [0.25, 0.3) is 0 Å². The van der Waals surface area contributed by atoms with E-state index in [1.54, 1.807) is 0 Å². The molecule has 0 aromatic rings. The molecule has 0 amide bonds. The summed E-state index contributed by atoms with van der Waals surface area (Å²) in [6, 6.07) is 0. The Labute approximate surface area is 567 Å². The number of aliphatic hydroxyl groups is 1. The molecule has 0 radical (unpaired) electrons. The van der Waals surface area contributed by atoms with Gasteiger partial charge >= 0.3 is 39.5 Å². The smallest absolute Gasteiger partial charge is 0.462 e. The number of allylic oxidation sites excluding steroid dienone is 4. The maximum Gasteiger partial charge on any atom is 0.472 e. The van der Waals surface area contributed by atoms with E-state index in [4.69, 9.17) is 37.0 Å². The minimum Gasteiger partial charge on any atom is -0.462 e. The summed E-state index contributed by atoms with van der Waals surface area (Å²) in [5.41, 5.74) is 0. The lowest BCUT2D eigenvalue weighted by Crippen LogP contribution is -2.30. The van der Waals surface area contributed by atoms with E-state index in [1.807, 2.05) is 0 Å². The summed E-state index contributed by atoms with van der Waals surface area (Å²) in [6.45, 7) is 9.48. The quantitative estimate of drug-likeness (QED) is 0.0169. The molecule has 17 nitrogen and oxygen atoms in total. The van der Waals surface area contributed by atoms with Crippen molar-refractivity contribution in [3.05, 3.63) is 24.3 Å². The van der Waals surface area contributed by atoms with E-state index in [1.165, 1.54) is 154 Å². The summed E-state index contributed by atoms with van der Waals surface area (Å²) in [7, 11) is -9.92. The van der Waals surface area contributed by atoms with Gasteiger partial charge in [0.2, 0.25) is 0 Å². The molecule has 0 saturated carbocycles. The van der Waals surface area contributed by atoms with Crippen molar-refractivity contribution in [2.24, 2.45) is 11.8 Å². The minimum absolute atomic E-state index is 0.0848. The predicted molar refractivity (Wildman–Crippen MR) is 377 cm³/mol. The predicted octanol–water partition coefficient (Wildman–Crippen LogP) is 21.1. The zero-order valence-corrected chi connectivity index (χ0v) is 61.8. The number of rotatable bonds is 71. The molecule has 3 unspecified atom stereocenters. The highest BCUT2D eigenvalue weighted by Gasteiger charge is 2.30. The molecule has 0 spiro atoms. The monoisotopic (exact) mass is 1360 g/mol. The molecule has 0 rings (SSSR count). The van der Waals surface area contributed by atoms with Crippen LogP contribution in [0.25, 0.3) is 0 Å². The van der Waals surface area contributed by atoms with Gasteiger partial charge in [0.05, 0.1) is 26.4 Å².